The molecule has 2 rings (SSSR count). The fraction of sp³-hybridized carbons (Fsp3) is 0.500. The van der Waals surface area contributed by atoms with Crippen molar-refractivity contribution < 1.29 is 23.1 Å². The first-order chi connectivity index (χ1) is 9.32. The highest BCUT2D eigenvalue weighted by atomic mass is 32.2. The molecule has 2 N–H and O–H groups in total. The number of hydrogen-bond acceptors (Lipinski definition) is 6. The van der Waals surface area contributed by atoms with Crippen molar-refractivity contribution in [1.29, 1.82) is 0 Å². The van der Waals surface area contributed by atoms with E-state index in [1.807, 2.05) is 0 Å². The van der Waals surface area contributed by atoms with E-state index in [1.165, 1.54) is 16.7 Å². The van der Waals surface area contributed by atoms with Crippen LogP contribution in [0.5, 0.6) is 0 Å². The number of aromatic carboxylic acids is 1. The molecule has 8 nitrogen and oxygen atoms in total. The van der Waals surface area contributed by atoms with Crippen molar-refractivity contribution in [3.63, 3.8) is 0 Å². The van der Waals surface area contributed by atoms with Crippen LogP contribution in [0.4, 0.5) is 0 Å². The van der Waals surface area contributed by atoms with Crippen LogP contribution < -0.4 is 5.32 Å². The van der Waals surface area contributed by atoms with Crippen LogP contribution in [0.15, 0.2) is 9.72 Å². The second-order valence-corrected chi connectivity index (χ2v) is 7.33. The number of hydrogen-bond donors (Lipinski definition) is 2. The highest BCUT2D eigenvalue weighted by molar-refractivity contribution is 7.91. The minimum absolute atomic E-state index is 0.138. The fourth-order valence-electron chi connectivity index (χ4n) is 2.03. The third kappa shape index (κ3) is 2.81. The topological polar surface area (TPSA) is 117 Å². The first-order valence-electron chi connectivity index (χ1n) is 5.76. The molecule has 0 aliphatic carbocycles. The largest absolute Gasteiger partial charge is 0.476 e. The van der Waals surface area contributed by atoms with E-state index in [1.54, 1.807) is 0 Å². The minimum Gasteiger partial charge on any atom is -0.476 e. The van der Waals surface area contributed by atoms with Crippen LogP contribution in [0.3, 0.4) is 0 Å². The van der Waals surface area contributed by atoms with Crippen molar-refractivity contribution >= 4 is 33.2 Å². The molecule has 0 bridgehead atoms. The van der Waals surface area contributed by atoms with Crippen LogP contribution in [-0.4, -0.2) is 53.8 Å². The number of carbonyl (C=O) groups excluding carboxylic acids is 1. The highest BCUT2D eigenvalue weighted by Gasteiger charge is 2.36. The average molecular weight is 319 g/mol. The Labute approximate surface area is 119 Å². The van der Waals surface area contributed by atoms with Crippen LogP contribution in [0.25, 0.3) is 0 Å². The first-order valence-corrected chi connectivity index (χ1v) is 8.08. The number of aromatic nitrogens is 1. The van der Waals surface area contributed by atoms with Gasteiger partial charge in [0, 0.05) is 26.1 Å². The molecule has 0 spiro atoms. The van der Waals surface area contributed by atoms with Crippen LogP contribution in [0.2, 0.25) is 0 Å². The van der Waals surface area contributed by atoms with E-state index in [-0.39, 0.29) is 29.2 Å². The van der Waals surface area contributed by atoms with Crippen molar-refractivity contribution in [3.8, 4) is 0 Å². The first kappa shape index (κ1) is 14.9. The lowest BCUT2D eigenvalue weighted by Gasteiger charge is -2.15. The Hall–Kier alpha value is -1.52. The molecule has 1 aliphatic heterocycles. The molecule has 1 saturated heterocycles. The molecule has 0 saturated carbocycles. The molecular formula is C10H13N3O5S2. The summed E-state index contributed by atoms with van der Waals surface area (Å²) in [4.78, 5) is 25.5. The predicted molar refractivity (Wildman–Crippen MR) is 70.1 cm³/mol. The van der Waals surface area contributed by atoms with E-state index in [0.717, 1.165) is 11.3 Å². The van der Waals surface area contributed by atoms with Gasteiger partial charge in [0.2, 0.25) is 5.91 Å². The zero-order chi connectivity index (χ0) is 14.9. The second-order valence-electron chi connectivity index (χ2n) is 4.34. The van der Waals surface area contributed by atoms with E-state index >= 15 is 0 Å². The molecule has 1 aromatic heterocycles. The molecular weight excluding hydrogens is 306 g/mol. The molecule has 1 amide bonds. The van der Waals surface area contributed by atoms with Gasteiger partial charge in [0.05, 0.1) is 5.51 Å². The Morgan fingerprint density at radius 1 is 1.55 bits per heavy atom. The van der Waals surface area contributed by atoms with Crippen molar-refractivity contribution in [2.75, 3.05) is 13.1 Å². The summed E-state index contributed by atoms with van der Waals surface area (Å²) in [6, 6.07) is -0.247. The summed E-state index contributed by atoms with van der Waals surface area (Å²) < 4.78 is 25.6. The summed E-state index contributed by atoms with van der Waals surface area (Å²) in [6.45, 7) is 1.74. The number of amides is 1. The van der Waals surface area contributed by atoms with Gasteiger partial charge in [0.25, 0.3) is 10.0 Å². The molecule has 1 unspecified atom stereocenters. The van der Waals surface area contributed by atoms with Gasteiger partial charge in [-0.05, 0) is 6.42 Å². The summed E-state index contributed by atoms with van der Waals surface area (Å²) >= 11 is 0.778. The smallest absolute Gasteiger partial charge is 0.356 e. The summed E-state index contributed by atoms with van der Waals surface area (Å²) in [5, 5.41) is 11.6. The Kier molecular flexibility index (Phi) is 4.06. The monoisotopic (exact) mass is 319 g/mol. The number of carboxylic acid groups (broad SMARTS) is 1. The van der Waals surface area contributed by atoms with Gasteiger partial charge in [0.15, 0.2) is 9.90 Å². The standard InChI is InChI=1S/C10H13N3O5S2/c1-6(14)12-7-2-3-13(4-7)20(17,18)10-8(9(15)16)11-5-19-10/h5,7H,2-4H2,1H3,(H,12,14)(H,15,16). The molecule has 1 fully saturated rings. The molecule has 110 valence electrons. The summed E-state index contributed by atoms with van der Waals surface area (Å²) in [7, 11) is -3.88. The number of nitrogens with one attached hydrogen (secondary N) is 1. The van der Waals surface area contributed by atoms with Gasteiger partial charge in [-0.2, -0.15) is 4.31 Å². The number of sulfonamides is 1. The maximum absolute atomic E-state index is 12.4. The van der Waals surface area contributed by atoms with E-state index in [9.17, 15) is 18.0 Å². The van der Waals surface area contributed by atoms with Gasteiger partial charge in [-0.25, -0.2) is 18.2 Å². The average Bonchev–Trinajstić information content (AvgIpc) is 2.95. The molecule has 10 heteroatoms. The van der Waals surface area contributed by atoms with E-state index in [2.05, 4.69) is 10.3 Å². The molecule has 2 heterocycles. The second kappa shape index (κ2) is 5.46. The van der Waals surface area contributed by atoms with Crippen molar-refractivity contribution in [2.45, 2.75) is 23.6 Å². The highest BCUT2D eigenvalue weighted by Crippen LogP contribution is 2.27. The lowest BCUT2D eigenvalue weighted by atomic mass is 10.3. The molecule has 20 heavy (non-hydrogen) atoms. The molecule has 1 atom stereocenters. The quantitative estimate of drug-likeness (QED) is 0.790. The summed E-state index contributed by atoms with van der Waals surface area (Å²) in [6.07, 6.45) is 0.500. The van der Waals surface area contributed by atoms with Gasteiger partial charge >= 0.3 is 5.97 Å². The number of thiazole rings is 1. The van der Waals surface area contributed by atoms with Crippen LogP contribution in [0.1, 0.15) is 23.8 Å². The normalized spacial score (nSPS) is 19.9. The predicted octanol–water partition coefficient (Wildman–Crippen LogP) is -0.260. The van der Waals surface area contributed by atoms with Gasteiger partial charge in [-0.15, -0.1) is 11.3 Å². The molecule has 0 radical (unpaired) electrons. The third-order valence-corrected chi connectivity index (χ3v) is 6.08. The Morgan fingerprint density at radius 2 is 2.25 bits per heavy atom. The summed E-state index contributed by atoms with van der Waals surface area (Å²) in [5.74, 6) is -1.60. The van der Waals surface area contributed by atoms with E-state index in [0.29, 0.717) is 6.42 Å². The number of nitrogens with zero attached hydrogens (tertiary/aromatic N) is 2. The number of carbonyl (C=O) groups is 2. The fourth-order valence-corrected chi connectivity index (χ4v) is 4.81. The van der Waals surface area contributed by atoms with Gasteiger partial charge < -0.3 is 10.4 Å². The lowest BCUT2D eigenvalue weighted by Crippen LogP contribution is -2.37. The number of rotatable bonds is 4. The third-order valence-electron chi connectivity index (χ3n) is 2.87. The lowest BCUT2D eigenvalue weighted by molar-refractivity contribution is -0.119. The summed E-state index contributed by atoms with van der Waals surface area (Å²) in [5.41, 5.74) is 0.732. The zero-order valence-corrected chi connectivity index (χ0v) is 12.2. The minimum atomic E-state index is -3.88. The van der Waals surface area contributed by atoms with Crippen LogP contribution in [0, 0.1) is 0 Å². The van der Waals surface area contributed by atoms with Crippen LogP contribution in [-0.2, 0) is 14.8 Å². The zero-order valence-electron chi connectivity index (χ0n) is 10.6. The van der Waals surface area contributed by atoms with Gasteiger partial charge in [-0.3, -0.25) is 4.79 Å². The van der Waals surface area contributed by atoms with E-state index < -0.39 is 21.7 Å². The maximum Gasteiger partial charge on any atom is 0.356 e. The SMILES string of the molecule is CC(=O)NC1CCN(S(=O)(=O)c2scnc2C(=O)O)C1. The Morgan fingerprint density at radius 3 is 2.85 bits per heavy atom. The number of carboxylic acids is 1. The van der Waals surface area contributed by atoms with Crippen molar-refractivity contribution in [2.24, 2.45) is 0 Å². The van der Waals surface area contributed by atoms with Crippen LogP contribution >= 0.6 is 11.3 Å². The van der Waals surface area contributed by atoms with Gasteiger partial charge in [-0.1, -0.05) is 0 Å². The molecule has 1 aliphatic rings. The van der Waals surface area contributed by atoms with Crippen molar-refractivity contribution in [1.82, 2.24) is 14.6 Å². The molecule has 1 aromatic rings. The van der Waals surface area contributed by atoms with E-state index in [4.69, 9.17) is 5.11 Å². The molecule has 0 aromatic carbocycles. The Bertz CT molecular complexity index is 639. The maximum atomic E-state index is 12.4. The van der Waals surface area contributed by atoms with Gasteiger partial charge in [0.1, 0.15) is 0 Å². The van der Waals surface area contributed by atoms with Crippen molar-refractivity contribution in [3.05, 3.63) is 11.2 Å². The Balaban J connectivity index is 2.22.